The average Bonchev–Trinajstić information content (AvgIpc) is 2.77. The highest BCUT2D eigenvalue weighted by molar-refractivity contribution is 8.00. The van der Waals surface area contributed by atoms with Crippen LogP contribution in [0.2, 0.25) is 0 Å². The van der Waals surface area contributed by atoms with Crippen molar-refractivity contribution < 1.29 is 9.90 Å². The molecule has 1 saturated carbocycles. The van der Waals surface area contributed by atoms with E-state index in [-0.39, 0.29) is 6.04 Å². The lowest BCUT2D eigenvalue weighted by molar-refractivity contribution is -0.145. The quantitative estimate of drug-likeness (QED) is 0.869. The Bertz CT molecular complexity index is 530. The number of carbonyl (C=O) groups is 1. The van der Waals surface area contributed by atoms with Crippen LogP contribution >= 0.6 is 11.8 Å². The van der Waals surface area contributed by atoms with Crippen LogP contribution in [0.15, 0.2) is 23.1 Å². The van der Waals surface area contributed by atoms with Gasteiger partial charge in [0.2, 0.25) is 0 Å². The van der Waals surface area contributed by atoms with Gasteiger partial charge in [-0.25, -0.2) is 0 Å². The largest absolute Gasteiger partial charge is 0.480 e. The topological polar surface area (TPSA) is 49.3 Å². The van der Waals surface area contributed by atoms with Crippen LogP contribution in [0.3, 0.4) is 0 Å². The molecule has 3 nitrogen and oxygen atoms in total. The molecule has 0 bridgehead atoms. The molecule has 4 heteroatoms. The van der Waals surface area contributed by atoms with Gasteiger partial charge in [-0.2, -0.15) is 0 Å². The summed E-state index contributed by atoms with van der Waals surface area (Å²) < 4.78 is 0. The summed E-state index contributed by atoms with van der Waals surface area (Å²) in [7, 11) is 0. The Kier molecular flexibility index (Phi) is 4.99. The number of benzene rings is 1. The Labute approximate surface area is 131 Å². The second-order valence-corrected chi connectivity index (χ2v) is 7.78. The number of carboxylic acids is 1. The van der Waals surface area contributed by atoms with Crippen LogP contribution in [-0.4, -0.2) is 27.9 Å². The van der Waals surface area contributed by atoms with Gasteiger partial charge >= 0.3 is 5.97 Å². The summed E-state index contributed by atoms with van der Waals surface area (Å²) in [4.78, 5) is 13.0. The zero-order valence-corrected chi connectivity index (χ0v) is 14.1. The van der Waals surface area contributed by atoms with Gasteiger partial charge in [-0.15, -0.1) is 11.8 Å². The fourth-order valence-electron chi connectivity index (χ4n) is 3.05. The van der Waals surface area contributed by atoms with Crippen molar-refractivity contribution in [2.45, 2.75) is 68.7 Å². The van der Waals surface area contributed by atoms with E-state index in [9.17, 15) is 9.90 Å². The van der Waals surface area contributed by atoms with Gasteiger partial charge in [0.1, 0.15) is 5.54 Å². The first kappa shape index (κ1) is 16.4. The average molecular weight is 307 g/mol. The molecule has 2 rings (SSSR count). The molecule has 1 aromatic rings. The summed E-state index contributed by atoms with van der Waals surface area (Å²) in [5.74, 6) is -0.708. The van der Waals surface area contributed by atoms with E-state index in [1.165, 1.54) is 16.0 Å². The van der Waals surface area contributed by atoms with E-state index in [0.29, 0.717) is 18.1 Å². The summed E-state index contributed by atoms with van der Waals surface area (Å²) in [6.45, 7) is 8.24. The maximum atomic E-state index is 11.7. The van der Waals surface area contributed by atoms with E-state index in [1.54, 1.807) is 0 Å². The van der Waals surface area contributed by atoms with E-state index in [2.05, 4.69) is 37.4 Å². The van der Waals surface area contributed by atoms with Crippen molar-refractivity contribution in [1.29, 1.82) is 0 Å². The fraction of sp³-hybridized carbons (Fsp3) is 0.588. The van der Waals surface area contributed by atoms with E-state index in [0.717, 1.165) is 6.42 Å². The van der Waals surface area contributed by atoms with Crippen LogP contribution < -0.4 is 5.32 Å². The van der Waals surface area contributed by atoms with Crippen LogP contribution in [0.1, 0.15) is 44.2 Å². The molecule has 0 spiro atoms. The molecule has 0 aromatic heterocycles. The number of thioether (sulfide) groups is 1. The van der Waals surface area contributed by atoms with Crippen molar-refractivity contribution in [1.82, 2.24) is 5.32 Å². The predicted octanol–water partition coefficient (Wildman–Crippen LogP) is 3.77. The molecule has 1 aliphatic rings. The lowest BCUT2D eigenvalue weighted by atomic mass is 9.97. The number of carboxylic acid groups (broad SMARTS) is 1. The number of hydrogen-bond donors (Lipinski definition) is 2. The molecule has 1 aromatic carbocycles. The molecule has 0 saturated heterocycles. The summed E-state index contributed by atoms with van der Waals surface area (Å²) in [6.07, 6.45) is 2.35. The van der Waals surface area contributed by atoms with Crippen molar-refractivity contribution >= 4 is 17.7 Å². The minimum atomic E-state index is -0.746. The second-order valence-electron chi connectivity index (χ2n) is 6.44. The fourth-order valence-corrected chi connectivity index (χ4v) is 4.52. The molecule has 2 atom stereocenters. The highest BCUT2D eigenvalue weighted by Crippen LogP contribution is 2.41. The van der Waals surface area contributed by atoms with Gasteiger partial charge in [0.05, 0.1) is 0 Å². The third-order valence-corrected chi connectivity index (χ3v) is 5.51. The molecule has 0 radical (unpaired) electrons. The van der Waals surface area contributed by atoms with Crippen molar-refractivity contribution in [3.8, 4) is 0 Å². The van der Waals surface area contributed by atoms with Crippen LogP contribution in [-0.2, 0) is 4.79 Å². The second kappa shape index (κ2) is 6.41. The molecule has 0 aliphatic heterocycles. The van der Waals surface area contributed by atoms with E-state index in [4.69, 9.17) is 0 Å². The van der Waals surface area contributed by atoms with Crippen molar-refractivity contribution in [2.24, 2.45) is 0 Å². The minimum Gasteiger partial charge on any atom is -0.480 e. The molecule has 1 aliphatic carbocycles. The van der Waals surface area contributed by atoms with Gasteiger partial charge < -0.3 is 5.11 Å². The zero-order valence-electron chi connectivity index (χ0n) is 13.3. The molecule has 116 valence electrons. The first-order chi connectivity index (χ1) is 9.82. The van der Waals surface area contributed by atoms with E-state index in [1.807, 2.05) is 25.6 Å². The molecule has 0 heterocycles. The highest BCUT2D eigenvalue weighted by Gasteiger charge is 2.46. The Morgan fingerprint density at radius 1 is 1.43 bits per heavy atom. The normalized spacial score (nSPS) is 25.5. The number of aryl methyl sites for hydroxylation is 2. The molecule has 1 fully saturated rings. The van der Waals surface area contributed by atoms with Gasteiger partial charge in [-0.05, 0) is 58.6 Å². The predicted molar refractivity (Wildman–Crippen MR) is 88.1 cm³/mol. The summed E-state index contributed by atoms with van der Waals surface area (Å²) >= 11 is 1.84. The maximum absolute atomic E-state index is 11.7. The Morgan fingerprint density at radius 2 is 2.14 bits per heavy atom. The molecular formula is C17H25NO2S. The SMILES string of the molecule is Cc1ccc(C)c(SC2CCC(NC(C)C)(C(=O)O)C2)c1. The smallest absolute Gasteiger partial charge is 0.323 e. The molecule has 2 unspecified atom stereocenters. The summed E-state index contributed by atoms with van der Waals surface area (Å²) in [5, 5.41) is 13.3. The first-order valence-electron chi connectivity index (χ1n) is 7.57. The third kappa shape index (κ3) is 3.80. The third-order valence-electron chi connectivity index (χ3n) is 4.08. The van der Waals surface area contributed by atoms with Crippen LogP contribution in [0.5, 0.6) is 0 Å². The van der Waals surface area contributed by atoms with Crippen molar-refractivity contribution in [3.63, 3.8) is 0 Å². The lowest BCUT2D eigenvalue weighted by Crippen LogP contribution is -2.53. The van der Waals surface area contributed by atoms with Gasteiger partial charge in [0.15, 0.2) is 0 Å². The van der Waals surface area contributed by atoms with Crippen LogP contribution in [0, 0.1) is 13.8 Å². The Morgan fingerprint density at radius 3 is 2.76 bits per heavy atom. The maximum Gasteiger partial charge on any atom is 0.323 e. The standard InChI is InChI=1S/C17H25NO2S/c1-11(2)18-17(16(19)20)8-7-14(10-17)21-15-9-12(3)5-6-13(15)4/h5-6,9,11,14,18H,7-8,10H2,1-4H3,(H,19,20). The first-order valence-corrected chi connectivity index (χ1v) is 8.45. The van der Waals surface area contributed by atoms with Gasteiger partial charge in [0, 0.05) is 16.2 Å². The minimum absolute atomic E-state index is 0.186. The molecular weight excluding hydrogens is 282 g/mol. The molecule has 2 N–H and O–H groups in total. The van der Waals surface area contributed by atoms with E-state index < -0.39 is 11.5 Å². The number of hydrogen-bond acceptors (Lipinski definition) is 3. The molecule has 21 heavy (non-hydrogen) atoms. The lowest BCUT2D eigenvalue weighted by Gasteiger charge is -2.28. The van der Waals surface area contributed by atoms with Crippen molar-refractivity contribution in [2.75, 3.05) is 0 Å². The number of aliphatic carboxylic acids is 1. The van der Waals surface area contributed by atoms with Gasteiger partial charge in [-0.3, -0.25) is 10.1 Å². The highest BCUT2D eigenvalue weighted by atomic mass is 32.2. The monoisotopic (exact) mass is 307 g/mol. The zero-order chi connectivity index (χ0) is 15.6. The summed E-state index contributed by atoms with van der Waals surface area (Å²) in [5.41, 5.74) is 1.78. The number of rotatable bonds is 5. The Balaban J connectivity index is 2.10. The van der Waals surface area contributed by atoms with Crippen LogP contribution in [0.4, 0.5) is 0 Å². The van der Waals surface area contributed by atoms with Crippen molar-refractivity contribution in [3.05, 3.63) is 29.3 Å². The van der Waals surface area contributed by atoms with Gasteiger partial charge in [0.25, 0.3) is 0 Å². The van der Waals surface area contributed by atoms with Gasteiger partial charge in [-0.1, -0.05) is 17.7 Å². The Hall–Kier alpha value is -1.00. The summed E-state index contributed by atoms with van der Waals surface area (Å²) in [6, 6.07) is 6.65. The van der Waals surface area contributed by atoms with Crippen LogP contribution in [0.25, 0.3) is 0 Å². The number of nitrogens with one attached hydrogen (secondary N) is 1. The van der Waals surface area contributed by atoms with E-state index >= 15 is 0 Å². The molecule has 0 amide bonds.